The molecule has 0 atom stereocenters. The molecule has 0 radical (unpaired) electrons. The minimum absolute atomic E-state index is 0.251. The minimum atomic E-state index is -0.462. The third-order valence-electron chi connectivity index (χ3n) is 4.87. The molecule has 0 aliphatic rings. The summed E-state index contributed by atoms with van der Waals surface area (Å²) >= 11 is 11.9. The summed E-state index contributed by atoms with van der Waals surface area (Å²) in [5, 5.41) is 6.75. The van der Waals surface area contributed by atoms with Gasteiger partial charge in [-0.3, -0.25) is 4.79 Å². The second-order valence-electron chi connectivity index (χ2n) is 7.27. The van der Waals surface area contributed by atoms with Gasteiger partial charge in [0.1, 0.15) is 23.9 Å². The van der Waals surface area contributed by atoms with Crippen LogP contribution in [0.4, 0.5) is 4.39 Å². The molecule has 0 aliphatic heterocycles. The van der Waals surface area contributed by atoms with Gasteiger partial charge >= 0.3 is 0 Å². The number of rotatable bonds is 8. The maximum Gasteiger partial charge on any atom is 0.277 e. The van der Waals surface area contributed by atoms with Gasteiger partial charge in [-0.25, -0.2) is 9.82 Å². The Labute approximate surface area is 205 Å². The lowest BCUT2D eigenvalue weighted by Gasteiger charge is -2.12. The second-order valence-corrected chi connectivity index (χ2v) is 8.11. The van der Waals surface area contributed by atoms with Crippen molar-refractivity contribution < 1.29 is 18.7 Å². The third-order valence-corrected chi connectivity index (χ3v) is 5.40. The summed E-state index contributed by atoms with van der Waals surface area (Å²) in [6, 6.07) is 22.4. The molecule has 0 unspecified atom stereocenters. The van der Waals surface area contributed by atoms with Crippen molar-refractivity contribution in [3.63, 3.8) is 0 Å². The molecule has 0 aromatic heterocycles. The molecule has 0 bridgehead atoms. The van der Waals surface area contributed by atoms with Gasteiger partial charge in [0.15, 0.2) is 6.61 Å². The first kappa shape index (κ1) is 23.5. The van der Waals surface area contributed by atoms with Crippen LogP contribution in [0, 0.1) is 5.82 Å². The first-order chi connectivity index (χ1) is 16.5. The Morgan fingerprint density at radius 3 is 2.50 bits per heavy atom. The Balaban J connectivity index is 1.46. The maximum absolute atomic E-state index is 13.2. The molecule has 0 saturated heterocycles. The van der Waals surface area contributed by atoms with Crippen molar-refractivity contribution >= 4 is 46.1 Å². The van der Waals surface area contributed by atoms with Gasteiger partial charge < -0.3 is 9.47 Å². The quantitative estimate of drug-likeness (QED) is 0.227. The summed E-state index contributed by atoms with van der Waals surface area (Å²) in [4.78, 5) is 12.2. The summed E-state index contributed by atoms with van der Waals surface area (Å²) in [5.74, 6) is 0.151. The zero-order valence-corrected chi connectivity index (χ0v) is 19.3. The third kappa shape index (κ3) is 6.04. The van der Waals surface area contributed by atoms with Gasteiger partial charge in [0.25, 0.3) is 5.91 Å². The number of hydrogen-bond donors (Lipinski definition) is 1. The standard InChI is InChI=1S/C26H19Cl2FN2O3/c27-19-8-12-25(23(28)13-19)34-16-26(32)31-30-14-22-21-4-2-1-3-18(21)7-11-24(22)33-15-17-5-9-20(29)10-6-17/h1-14H,15-16H2,(H,31,32)/b30-14-. The minimum Gasteiger partial charge on any atom is -0.488 e. The van der Waals surface area contributed by atoms with Gasteiger partial charge in [0.2, 0.25) is 0 Å². The molecule has 1 amide bonds. The Morgan fingerprint density at radius 1 is 0.941 bits per heavy atom. The number of nitrogens with one attached hydrogen (secondary N) is 1. The molecule has 172 valence electrons. The van der Waals surface area contributed by atoms with E-state index in [1.165, 1.54) is 24.4 Å². The highest BCUT2D eigenvalue weighted by atomic mass is 35.5. The normalized spacial score (nSPS) is 11.0. The van der Waals surface area contributed by atoms with E-state index in [0.717, 1.165) is 16.3 Å². The van der Waals surface area contributed by atoms with Gasteiger partial charge in [-0.05, 0) is 52.7 Å². The van der Waals surface area contributed by atoms with Crippen LogP contribution in [0.3, 0.4) is 0 Å². The summed E-state index contributed by atoms with van der Waals surface area (Å²) in [5.41, 5.74) is 3.96. The van der Waals surface area contributed by atoms with Crippen LogP contribution in [0.2, 0.25) is 10.0 Å². The van der Waals surface area contributed by atoms with E-state index in [1.54, 1.807) is 24.3 Å². The lowest BCUT2D eigenvalue weighted by atomic mass is 10.0. The van der Waals surface area contributed by atoms with Crippen molar-refractivity contribution in [2.24, 2.45) is 5.10 Å². The number of fused-ring (bicyclic) bond motifs is 1. The second kappa shape index (κ2) is 11.0. The van der Waals surface area contributed by atoms with Crippen molar-refractivity contribution in [3.05, 3.63) is 106 Å². The predicted octanol–water partition coefficient (Wildman–Crippen LogP) is 6.39. The number of carbonyl (C=O) groups excluding carboxylic acids is 1. The number of halogens is 3. The van der Waals surface area contributed by atoms with E-state index in [2.05, 4.69) is 10.5 Å². The molecule has 1 N–H and O–H groups in total. The van der Waals surface area contributed by atoms with Gasteiger partial charge in [-0.15, -0.1) is 0 Å². The fourth-order valence-electron chi connectivity index (χ4n) is 3.21. The van der Waals surface area contributed by atoms with Crippen LogP contribution in [0.5, 0.6) is 11.5 Å². The summed E-state index contributed by atoms with van der Waals surface area (Å²) in [7, 11) is 0. The Kier molecular flexibility index (Phi) is 7.62. The highest BCUT2D eigenvalue weighted by Gasteiger charge is 2.09. The molecular weight excluding hydrogens is 478 g/mol. The summed E-state index contributed by atoms with van der Waals surface area (Å²) < 4.78 is 24.6. The molecule has 0 saturated carbocycles. The summed E-state index contributed by atoms with van der Waals surface area (Å²) in [6.45, 7) is -0.0241. The average Bonchev–Trinajstić information content (AvgIpc) is 2.83. The van der Waals surface area contributed by atoms with Gasteiger partial charge in [0.05, 0.1) is 11.2 Å². The summed E-state index contributed by atoms with van der Waals surface area (Å²) in [6.07, 6.45) is 1.52. The Bertz CT molecular complexity index is 1340. The predicted molar refractivity (Wildman–Crippen MR) is 132 cm³/mol. The van der Waals surface area contributed by atoms with Crippen LogP contribution in [-0.4, -0.2) is 18.7 Å². The molecular formula is C26H19Cl2FN2O3. The molecule has 5 nitrogen and oxygen atoms in total. The highest BCUT2D eigenvalue weighted by Crippen LogP contribution is 2.28. The van der Waals surface area contributed by atoms with E-state index >= 15 is 0 Å². The molecule has 0 spiro atoms. The fraction of sp³-hybridized carbons (Fsp3) is 0.0769. The fourth-order valence-corrected chi connectivity index (χ4v) is 3.68. The van der Waals surface area contributed by atoms with E-state index in [0.29, 0.717) is 27.1 Å². The van der Waals surface area contributed by atoms with Crippen molar-refractivity contribution in [1.29, 1.82) is 0 Å². The average molecular weight is 497 g/mol. The van der Waals surface area contributed by atoms with Gasteiger partial charge in [-0.1, -0.05) is 65.7 Å². The molecule has 34 heavy (non-hydrogen) atoms. The van der Waals surface area contributed by atoms with E-state index in [9.17, 15) is 9.18 Å². The number of hydrogen-bond acceptors (Lipinski definition) is 4. The maximum atomic E-state index is 13.2. The van der Waals surface area contributed by atoms with Crippen LogP contribution in [-0.2, 0) is 11.4 Å². The van der Waals surface area contributed by atoms with Gasteiger partial charge in [0, 0.05) is 10.6 Å². The van der Waals surface area contributed by atoms with E-state index in [4.69, 9.17) is 32.7 Å². The zero-order chi connectivity index (χ0) is 23.9. The van der Waals surface area contributed by atoms with Crippen LogP contribution in [0.1, 0.15) is 11.1 Å². The molecule has 0 fully saturated rings. The monoisotopic (exact) mass is 496 g/mol. The number of amides is 1. The SMILES string of the molecule is O=C(COc1ccc(Cl)cc1Cl)N/N=C\c1c(OCc2ccc(F)cc2)ccc2ccccc12. The lowest BCUT2D eigenvalue weighted by molar-refractivity contribution is -0.123. The van der Waals surface area contributed by atoms with E-state index in [1.807, 2.05) is 36.4 Å². The number of nitrogens with zero attached hydrogens (tertiary/aromatic N) is 1. The number of carbonyl (C=O) groups is 1. The molecule has 8 heteroatoms. The first-order valence-electron chi connectivity index (χ1n) is 10.3. The number of benzene rings is 4. The van der Waals surface area contributed by atoms with Gasteiger partial charge in [-0.2, -0.15) is 5.10 Å². The van der Waals surface area contributed by atoms with Crippen molar-refractivity contribution in [2.75, 3.05) is 6.61 Å². The molecule has 4 aromatic rings. The molecule has 4 rings (SSSR count). The van der Waals surface area contributed by atoms with Crippen LogP contribution < -0.4 is 14.9 Å². The smallest absolute Gasteiger partial charge is 0.277 e. The van der Waals surface area contributed by atoms with Crippen molar-refractivity contribution in [2.45, 2.75) is 6.61 Å². The number of ether oxygens (including phenoxy) is 2. The molecule has 4 aromatic carbocycles. The van der Waals surface area contributed by atoms with Crippen LogP contribution in [0.25, 0.3) is 10.8 Å². The van der Waals surface area contributed by atoms with Crippen molar-refractivity contribution in [3.8, 4) is 11.5 Å². The first-order valence-corrected chi connectivity index (χ1v) is 11.0. The topological polar surface area (TPSA) is 59.9 Å². The number of hydrazone groups is 1. The highest BCUT2D eigenvalue weighted by molar-refractivity contribution is 6.35. The molecule has 0 aliphatic carbocycles. The van der Waals surface area contributed by atoms with E-state index in [-0.39, 0.29) is 19.0 Å². The van der Waals surface area contributed by atoms with Crippen LogP contribution in [0.15, 0.2) is 84.0 Å². The Morgan fingerprint density at radius 2 is 1.71 bits per heavy atom. The van der Waals surface area contributed by atoms with E-state index < -0.39 is 5.91 Å². The zero-order valence-electron chi connectivity index (χ0n) is 17.8. The van der Waals surface area contributed by atoms with Crippen LogP contribution >= 0.6 is 23.2 Å². The van der Waals surface area contributed by atoms with Crippen molar-refractivity contribution in [1.82, 2.24) is 5.43 Å². The molecule has 0 heterocycles. The Hall–Kier alpha value is -3.61. The lowest BCUT2D eigenvalue weighted by Crippen LogP contribution is -2.24. The largest absolute Gasteiger partial charge is 0.488 e.